The summed E-state index contributed by atoms with van der Waals surface area (Å²) in [5, 5.41) is 14.0. The van der Waals surface area contributed by atoms with E-state index in [4.69, 9.17) is 4.74 Å². The third kappa shape index (κ3) is 3.91. The van der Waals surface area contributed by atoms with Crippen molar-refractivity contribution in [3.05, 3.63) is 47.5 Å². The third-order valence-corrected chi connectivity index (χ3v) is 4.25. The molecule has 128 valence electrons. The number of methoxy groups -OCH3 is 1. The maximum Gasteiger partial charge on any atom is 0.315 e. The highest BCUT2D eigenvalue weighted by atomic mass is 16.5. The maximum atomic E-state index is 12.0. The van der Waals surface area contributed by atoms with Crippen molar-refractivity contribution >= 4 is 6.03 Å². The van der Waals surface area contributed by atoms with Crippen molar-refractivity contribution in [2.45, 2.75) is 38.5 Å². The molecule has 7 heteroatoms. The van der Waals surface area contributed by atoms with Crippen LogP contribution in [-0.4, -0.2) is 34.5 Å². The van der Waals surface area contributed by atoms with Gasteiger partial charge >= 0.3 is 6.03 Å². The van der Waals surface area contributed by atoms with Crippen LogP contribution in [-0.2, 0) is 24.2 Å². The minimum atomic E-state index is -0.235. The van der Waals surface area contributed by atoms with E-state index in [2.05, 4.69) is 25.4 Å². The molecule has 1 aliphatic heterocycles. The standard InChI is InChI=1S/C17H23N5O2/c1-24-14(13-7-3-2-4-8-13)11-18-17(23)19-12-16-21-20-15-9-5-6-10-22(15)16/h2-4,7-8,14H,5-6,9-12H2,1H3,(H2,18,19,23)/t14-/m1/s1. The minimum Gasteiger partial charge on any atom is -0.375 e. The number of hydrogen-bond acceptors (Lipinski definition) is 4. The second kappa shape index (κ2) is 7.92. The van der Waals surface area contributed by atoms with Crippen LogP contribution >= 0.6 is 0 Å². The van der Waals surface area contributed by atoms with Crippen molar-refractivity contribution in [1.29, 1.82) is 0 Å². The molecular weight excluding hydrogens is 306 g/mol. The Morgan fingerprint density at radius 1 is 1.25 bits per heavy atom. The Labute approximate surface area is 141 Å². The molecule has 0 radical (unpaired) electrons. The fourth-order valence-electron chi connectivity index (χ4n) is 2.91. The van der Waals surface area contributed by atoms with Crippen LogP contribution in [0.25, 0.3) is 0 Å². The van der Waals surface area contributed by atoms with Gasteiger partial charge in [0.2, 0.25) is 0 Å². The normalized spacial score (nSPS) is 14.7. The van der Waals surface area contributed by atoms with E-state index in [1.54, 1.807) is 7.11 Å². The molecule has 1 aliphatic rings. The van der Waals surface area contributed by atoms with Gasteiger partial charge in [0.15, 0.2) is 5.82 Å². The first-order chi connectivity index (χ1) is 11.8. The van der Waals surface area contributed by atoms with Crippen LogP contribution in [0.15, 0.2) is 30.3 Å². The van der Waals surface area contributed by atoms with Crippen LogP contribution < -0.4 is 10.6 Å². The van der Waals surface area contributed by atoms with Crippen molar-refractivity contribution in [2.24, 2.45) is 0 Å². The molecule has 0 fully saturated rings. The highest BCUT2D eigenvalue weighted by molar-refractivity contribution is 5.73. The Balaban J connectivity index is 1.48. The van der Waals surface area contributed by atoms with Crippen molar-refractivity contribution in [3.8, 4) is 0 Å². The Kier molecular flexibility index (Phi) is 5.43. The molecule has 3 rings (SSSR count). The fraction of sp³-hybridized carbons (Fsp3) is 0.471. The Morgan fingerprint density at radius 2 is 2.08 bits per heavy atom. The second-order valence-electron chi connectivity index (χ2n) is 5.84. The van der Waals surface area contributed by atoms with Crippen LogP contribution in [0.2, 0.25) is 0 Å². The first kappa shape index (κ1) is 16.4. The topological polar surface area (TPSA) is 81.1 Å². The molecule has 0 saturated carbocycles. The molecule has 0 saturated heterocycles. The van der Waals surface area contributed by atoms with Crippen LogP contribution in [0, 0.1) is 0 Å². The number of aryl methyl sites for hydroxylation is 1. The molecule has 2 heterocycles. The van der Waals surface area contributed by atoms with Crippen molar-refractivity contribution in [1.82, 2.24) is 25.4 Å². The smallest absolute Gasteiger partial charge is 0.315 e. The van der Waals surface area contributed by atoms with Crippen LogP contribution in [0.4, 0.5) is 4.79 Å². The molecule has 2 amide bonds. The number of rotatable bonds is 6. The summed E-state index contributed by atoms with van der Waals surface area (Å²) in [6, 6.07) is 9.59. The van der Waals surface area contributed by atoms with E-state index in [9.17, 15) is 4.79 Å². The number of carbonyl (C=O) groups excluding carboxylic acids is 1. The van der Waals surface area contributed by atoms with Crippen molar-refractivity contribution < 1.29 is 9.53 Å². The summed E-state index contributed by atoms with van der Waals surface area (Å²) >= 11 is 0. The number of urea groups is 1. The van der Waals surface area contributed by atoms with Crippen LogP contribution in [0.1, 0.15) is 36.2 Å². The Morgan fingerprint density at radius 3 is 2.88 bits per heavy atom. The summed E-state index contributed by atoms with van der Waals surface area (Å²) in [7, 11) is 1.64. The predicted octanol–water partition coefficient (Wildman–Crippen LogP) is 1.80. The van der Waals surface area contributed by atoms with E-state index in [0.29, 0.717) is 13.1 Å². The van der Waals surface area contributed by atoms with E-state index >= 15 is 0 Å². The van der Waals surface area contributed by atoms with Gasteiger partial charge in [0, 0.05) is 26.6 Å². The summed E-state index contributed by atoms with van der Waals surface area (Å²) in [5.74, 6) is 1.83. The number of benzene rings is 1. The van der Waals surface area contributed by atoms with Crippen LogP contribution in [0.3, 0.4) is 0 Å². The SMILES string of the molecule is CO[C@H](CNC(=O)NCc1nnc2n1CCCC2)c1ccccc1. The van der Waals surface area contributed by atoms with Gasteiger partial charge in [-0.1, -0.05) is 30.3 Å². The van der Waals surface area contributed by atoms with Crippen LogP contribution in [0.5, 0.6) is 0 Å². The average Bonchev–Trinajstić information content (AvgIpc) is 3.04. The number of hydrogen-bond donors (Lipinski definition) is 2. The van der Waals surface area contributed by atoms with Gasteiger partial charge < -0.3 is 19.9 Å². The lowest BCUT2D eigenvalue weighted by atomic mass is 10.1. The second-order valence-corrected chi connectivity index (χ2v) is 5.84. The molecule has 2 N–H and O–H groups in total. The summed E-state index contributed by atoms with van der Waals surface area (Å²) in [4.78, 5) is 12.0. The molecule has 0 bridgehead atoms. The zero-order valence-electron chi connectivity index (χ0n) is 13.9. The van der Waals surface area contributed by atoms with Gasteiger partial charge in [-0.3, -0.25) is 0 Å². The molecule has 7 nitrogen and oxygen atoms in total. The number of ether oxygens (including phenoxy) is 1. The molecule has 1 aromatic carbocycles. The summed E-state index contributed by atoms with van der Waals surface area (Å²) in [5.41, 5.74) is 1.03. The predicted molar refractivity (Wildman–Crippen MR) is 89.4 cm³/mol. The molecule has 1 atom stereocenters. The fourth-order valence-corrected chi connectivity index (χ4v) is 2.91. The number of fused-ring (bicyclic) bond motifs is 1. The molecule has 1 aromatic heterocycles. The Hall–Kier alpha value is -2.41. The van der Waals surface area contributed by atoms with Gasteiger partial charge in [0.05, 0.1) is 12.6 Å². The van der Waals surface area contributed by atoms with E-state index in [-0.39, 0.29) is 12.1 Å². The number of nitrogens with zero attached hydrogens (tertiary/aromatic N) is 3. The quantitative estimate of drug-likeness (QED) is 0.847. The lowest BCUT2D eigenvalue weighted by Gasteiger charge is -2.17. The lowest BCUT2D eigenvalue weighted by molar-refractivity contribution is 0.104. The third-order valence-electron chi connectivity index (χ3n) is 4.25. The Bertz CT molecular complexity index is 671. The van der Waals surface area contributed by atoms with E-state index in [1.807, 2.05) is 30.3 Å². The zero-order chi connectivity index (χ0) is 16.8. The molecule has 0 unspecified atom stereocenters. The molecule has 2 aromatic rings. The van der Waals surface area contributed by atoms with Gasteiger partial charge in [-0.05, 0) is 18.4 Å². The van der Waals surface area contributed by atoms with Gasteiger partial charge in [0.1, 0.15) is 5.82 Å². The highest BCUT2D eigenvalue weighted by Gasteiger charge is 2.16. The molecule has 24 heavy (non-hydrogen) atoms. The van der Waals surface area contributed by atoms with Crippen molar-refractivity contribution in [2.75, 3.05) is 13.7 Å². The largest absolute Gasteiger partial charge is 0.375 e. The first-order valence-electron chi connectivity index (χ1n) is 8.28. The maximum absolute atomic E-state index is 12.0. The monoisotopic (exact) mass is 329 g/mol. The number of carbonyl (C=O) groups is 1. The summed E-state index contributed by atoms with van der Waals surface area (Å²) < 4.78 is 7.55. The van der Waals surface area contributed by atoms with Gasteiger partial charge in [0.25, 0.3) is 0 Å². The van der Waals surface area contributed by atoms with E-state index < -0.39 is 0 Å². The highest BCUT2D eigenvalue weighted by Crippen LogP contribution is 2.15. The minimum absolute atomic E-state index is 0.169. The van der Waals surface area contributed by atoms with Crippen molar-refractivity contribution in [3.63, 3.8) is 0 Å². The van der Waals surface area contributed by atoms with Gasteiger partial charge in [-0.2, -0.15) is 0 Å². The van der Waals surface area contributed by atoms with E-state index in [0.717, 1.165) is 43.0 Å². The number of aromatic nitrogens is 3. The zero-order valence-corrected chi connectivity index (χ0v) is 13.9. The van der Waals surface area contributed by atoms with Gasteiger partial charge in [-0.25, -0.2) is 4.79 Å². The number of amides is 2. The number of nitrogens with one attached hydrogen (secondary N) is 2. The first-order valence-corrected chi connectivity index (χ1v) is 8.28. The molecular formula is C17H23N5O2. The summed E-state index contributed by atoms with van der Waals surface area (Å²) in [6.07, 6.45) is 3.09. The molecule has 0 aliphatic carbocycles. The lowest BCUT2D eigenvalue weighted by Crippen LogP contribution is -2.38. The summed E-state index contributed by atoms with van der Waals surface area (Å²) in [6.45, 7) is 1.72. The van der Waals surface area contributed by atoms with Gasteiger partial charge in [-0.15, -0.1) is 10.2 Å². The average molecular weight is 329 g/mol. The molecule has 0 spiro atoms. The van der Waals surface area contributed by atoms with E-state index in [1.165, 1.54) is 0 Å².